The van der Waals surface area contributed by atoms with E-state index in [9.17, 15) is 20.0 Å². The van der Waals surface area contributed by atoms with Crippen molar-refractivity contribution < 1.29 is 19.4 Å². The van der Waals surface area contributed by atoms with Gasteiger partial charge >= 0.3 is 5.97 Å². The van der Waals surface area contributed by atoms with Crippen LogP contribution in [0.2, 0.25) is 0 Å². The van der Waals surface area contributed by atoms with Gasteiger partial charge in [-0.1, -0.05) is 35.9 Å². The molecule has 3 atom stereocenters. The van der Waals surface area contributed by atoms with Crippen LogP contribution in [-0.4, -0.2) is 29.1 Å². The second-order valence-electron chi connectivity index (χ2n) is 6.19. The minimum Gasteiger partial charge on any atom is -0.455 e. The number of carbonyl (C=O) groups is 2. The molecule has 0 saturated carbocycles. The summed E-state index contributed by atoms with van der Waals surface area (Å²) in [5.41, 5.74) is 2.35. The molecule has 3 rings (SSSR count). The van der Waals surface area contributed by atoms with Crippen LogP contribution in [0.3, 0.4) is 0 Å². The number of rotatable bonds is 2. The molecule has 132 valence electrons. The molecule has 1 aliphatic rings. The van der Waals surface area contributed by atoms with Gasteiger partial charge in [-0.15, -0.1) is 0 Å². The number of hydrogen-bond donors (Lipinski definition) is 1. The van der Waals surface area contributed by atoms with Crippen molar-refractivity contribution in [3.8, 4) is 6.07 Å². The highest BCUT2D eigenvalue weighted by atomic mass is 16.6. The molecule has 0 bridgehead atoms. The van der Waals surface area contributed by atoms with E-state index in [1.54, 1.807) is 36.4 Å². The van der Waals surface area contributed by atoms with E-state index in [4.69, 9.17) is 4.74 Å². The van der Waals surface area contributed by atoms with Crippen LogP contribution >= 0.6 is 0 Å². The number of amides is 1. The quantitative estimate of drug-likeness (QED) is 0.841. The molecule has 6 nitrogen and oxygen atoms in total. The van der Waals surface area contributed by atoms with Gasteiger partial charge in [0.25, 0.3) is 5.91 Å². The Bertz CT molecular complexity index is 885. The molecule has 0 radical (unpaired) electrons. The van der Waals surface area contributed by atoms with Crippen LogP contribution in [0.1, 0.15) is 34.5 Å². The van der Waals surface area contributed by atoms with Crippen LogP contribution < -0.4 is 4.90 Å². The Kier molecular flexibility index (Phi) is 4.74. The average molecular weight is 350 g/mol. The Morgan fingerprint density at radius 2 is 1.81 bits per heavy atom. The van der Waals surface area contributed by atoms with Gasteiger partial charge in [-0.05, 0) is 25.1 Å². The number of aliphatic hydroxyl groups excluding tert-OH is 1. The van der Waals surface area contributed by atoms with Gasteiger partial charge in [0.05, 0.1) is 11.8 Å². The van der Waals surface area contributed by atoms with E-state index in [0.717, 1.165) is 5.56 Å². The van der Waals surface area contributed by atoms with Crippen LogP contribution in [-0.2, 0) is 9.53 Å². The van der Waals surface area contributed by atoms with Crippen LogP contribution in [0.15, 0.2) is 48.5 Å². The highest BCUT2D eigenvalue weighted by molar-refractivity contribution is 6.07. The topological polar surface area (TPSA) is 90.6 Å². The molecular formula is C20H18N2O4. The van der Waals surface area contributed by atoms with E-state index in [0.29, 0.717) is 16.8 Å². The van der Waals surface area contributed by atoms with E-state index in [1.165, 1.54) is 11.8 Å². The zero-order chi connectivity index (χ0) is 18.8. The summed E-state index contributed by atoms with van der Waals surface area (Å²) in [6, 6.07) is 14.6. The summed E-state index contributed by atoms with van der Waals surface area (Å²) in [5, 5.41) is 20.2. The minimum absolute atomic E-state index is 0.399. The Labute approximate surface area is 151 Å². The molecule has 6 heteroatoms. The number of para-hydroxylation sites is 1. The predicted octanol–water partition coefficient (Wildman–Crippen LogP) is 2.51. The molecule has 0 aromatic heterocycles. The molecule has 0 unspecified atom stereocenters. The minimum atomic E-state index is -1.35. The van der Waals surface area contributed by atoms with Gasteiger partial charge < -0.3 is 9.84 Å². The van der Waals surface area contributed by atoms with Crippen molar-refractivity contribution in [1.82, 2.24) is 0 Å². The number of esters is 1. The van der Waals surface area contributed by atoms with E-state index in [-0.39, 0.29) is 0 Å². The van der Waals surface area contributed by atoms with Crippen molar-refractivity contribution in [3.63, 3.8) is 0 Å². The normalized spacial score (nSPS) is 21.5. The summed E-state index contributed by atoms with van der Waals surface area (Å²) in [5.74, 6) is -0.969. The molecule has 0 aliphatic carbocycles. The number of ether oxygens (including phenoxy) is 1. The number of nitriles is 1. The van der Waals surface area contributed by atoms with Crippen molar-refractivity contribution in [2.24, 2.45) is 0 Å². The van der Waals surface area contributed by atoms with Crippen molar-refractivity contribution in [3.05, 3.63) is 65.2 Å². The molecule has 1 aliphatic heterocycles. The second kappa shape index (κ2) is 6.98. The van der Waals surface area contributed by atoms with Crippen LogP contribution in [0.5, 0.6) is 0 Å². The third kappa shape index (κ3) is 3.05. The fourth-order valence-electron chi connectivity index (χ4n) is 3.12. The number of carbonyl (C=O) groups excluding carboxylic acids is 2. The molecule has 1 amide bonds. The Balaban J connectivity index is 2.11. The maximum absolute atomic E-state index is 13.1. The van der Waals surface area contributed by atoms with Gasteiger partial charge in [-0.25, -0.2) is 0 Å². The highest BCUT2D eigenvalue weighted by Crippen LogP contribution is 2.40. The number of hydrogen-bond acceptors (Lipinski definition) is 5. The van der Waals surface area contributed by atoms with Gasteiger partial charge in [0.15, 0.2) is 12.1 Å². The molecular weight excluding hydrogens is 332 g/mol. The van der Waals surface area contributed by atoms with Crippen molar-refractivity contribution in [2.45, 2.75) is 32.1 Å². The van der Waals surface area contributed by atoms with Crippen LogP contribution in [0.25, 0.3) is 0 Å². The first-order valence-corrected chi connectivity index (χ1v) is 8.18. The lowest BCUT2D eigenvalue weighted by Gasteiger charge is -2.40. The van der Waals surface area contributed by atoms with Crippen LogP contribution in [0.4, 0.5) is 5.69 Å². The lowest BCUT2D eigenvalue weighted by Crippen LogP contribution is -2.53. The zero-order valence-electron chi connectivity index (χ0n) is 14.4. The van der Waals surface area contributed by atoms with Gasteiger partial charge in [-0.2, -0.15) is 5.26 Å². The van der Waals surface area contributed by atoms with E-state index in [2.05, 4.69) is 0 Å². The number of aryl methyl sites for hydroxylation is 1. The molecule has 2 aromatic carbocycles. The van der Waals surface area contributed by atoms with Gasteiger partial charge in [0.2, 0.25) is 0 Å². The van der Waals surface area contributed by atoms with Gasteiger partial charge in [0.1, 0.15) is 6.10 Å². The SMILES string of the molecule is CC(=O)O[C@@H]1c2ccccc2N(C(=O)c2ccc(C)cc2)[C@@H](C#N)[C@@H]1O. The molecule has 2 aromatic rings. The molecule has 1 heterocycles. The molecule has 1 N–H and O–H groups in total. The number of benzene rings is 2. The third-order valence-electron chi connectivity index (χ3n) is 4.36. The lowest BCUT2D eigenvalue weighted by atomic mass is 9.90. The first kappa shape index (κ1) is 17.6. The van der Waals surface area contributed by atoms with Gasteiger partial charge in [-0.3, -0.25) is 14.5 Å². The summed E-state index contributed by atoms with van der Waals surface area (Å²) >= 11 is 0. The Hall–Kier alpha value is -3.17. The Morgan fingerprint density at radius 1 is 1.15 bits per heavy atom. The smallest absolute Gasteiger partial charge is 0.303 e. The summed E-state index contributed by atoms with van der Waals surface area (Å²) in [6.07, 6.45) is -2.36. The fraction of sp³-hybridized carbons (Fsp3) is 0.250. The first-order chi connectivity index (χ1) is 12.4. The lowest BCUT2D eigenvalue weighted by molar-refractivity contribution is -0.153. The maximum atomic E-state index is 13.1. The van der Waals surface area contributed by atoms with E-state index >= 15 is 0 Å². The number of nitrogens with zero attached hydrogens (tertiary/aromatic N) is 2. The fourth-order valence-corrected chi connectivity index (χ4v) is 3.12. The molecule has 0 spiro atoms. The summed E-state index contributed by atoms with van der Waals surface area (Å²) in [6.45, 7) is 3.15. The maximum Gasteiger partial charge on any atom is 0.303 e. The largest absolute Gasteiger partial charge is 0.455 e. The van der Waals surface area contributed by atoms with Crippen molar-refractivity contribution >= 4 is 17.6 Å². The second-order valence-corrected chi connectivity index (χ2v) is 6.19. The highest BCUT2D eigenvalue weighted by Gasteiger charge is 2.44. The van der Waals surface area contributed by atoms with Crippen molar-refractivity contribution in [2.75, 3.05) is 4.90 Å². The van der Waals surface area contributed by atoms with E-state index in [1.807, 2.05) is 25.1 Å². The molecule has 0 fully saturated rings. The first-order valence-electron chi connectivity index (χ1n) is 8.18. The molecule has 0 saturated heterocycles. The number of fused-ring (bicyclic) bond motifs is 1. The summed E-state index contributed by atoms with van der Waals surface area (Å²) in [7, 11) is 0. The standard InChI is InChI=1S/C20H18N2O4/c1-12-7-9-14(10-8-12)20(25)22-16-6-4-3-5-15(16)19(26-13(2)23)18(24)17(22)11-21/h3-10,17-19,24H,1-2H3/t17-,18-,19+/m0/s1. The predicted molar refractivity (Wildman–Crippen MR) is 94.3 cm³/mol. The van der Waals surface area contributed by atoms with Crippen molar-refractivity contribution in [1.29, 1.82) is 5.26 Å². The molecule has 26 heavy (non-hydrogen) atoms. The monoisotopic (exact) mass is 350 g/mol. The zero-order valence-corrected chi connectivity index (χ0v) is 14.4. The third-order valence-corrected chi connectivity index (χ3v) is 4.36. The average Bonchev–Trinajstić information content (AvgIpc) is 2.63. The van der Waals surface area contributed by atoms with Crippen LogP contribution in [0, 0.1) is 18.3 Å². The van der Waals surface area contributed by atoms with E-state index < -0.39 is 30.1 Å². The number of aliphatic hydroxyl groups is 1. The Morgan fingerprint density at radius 3 is 2.42 bits per heavy atom. The summed E-state index contributed by atoms with van der Waals surface area (Å²) < 4.78 is 5.23. The number of anilines is 1. The summed E-state index contributed by atoms with van der Waals surface area (Å²) in [4.78, 5) is 25.8. The van der Waals surface area contributed by atoms with Gasteiger partial charge in [0, 0.05) is 18.1 Å².